The largest absolute Gasteiger partial charge is 0.347 e. The number of nitrogens with one attached hydrogen (secondary N) is 1. The summed E-state index contributed by atoms with van der Waals surface area (Å²) in [5.74, 6) is 0.167. The smallest absolute Gasteiger partial charge is 0.243 e. The molecule has 0 aromatic heterocycles. The molecular formula is C17H22ClN3O4S. The Bertz CT molecular complexity index is 789. The molecule has 2 atom stereocenters. The van der Waals surface area contributed by atoms with Crippen molar-refractivity contribution in [3.63, 3.8) is 0 Å². The number of hydrogen-bond donors (Lipinski definition) is 1. The predicted octanol–water partition coefficient (Wildman–Crippen LogP) is 0.945. The summed E-state index contributed by atoms with van der Waals surface area (Å²) in [6.07, 6.45) is 0.876. The molecule has 2 fully saturated rings. The minimum Gasteiger partial charge on any atom is -0.347 e. The van der Waals surface area contributed by atoms with Crippen LogP contribution in [0.25, 0.3) is 0 Å². The van der Waals surface area contributed by atoms with Crippen molar-refractivity contribution < 1.29 is 18.0 Å². The average Bonchev–Trinajstić information content (AvgIpc) is 3.36. The molecule has 1 aliphatic carbocycles. The Morgan fingerprint density at radius 1 is 1.15 bits per heavy atom. The van der Waals surface area contributed by atoms with Gasteiger partial charge < -0.3 is 10.2 Å². The highest BCUT2D eigenvalue weighted by Gasteiger charge is 2.39. The number of halogens is 1. The average molecular weight is 400 g/mol. The summed E-state index contributed by atoms with van der Waals surface area (Å²) in [6.45, 7) is 3.04. The maximum atomic E-state index is 12.6. The van der Waals surface area contributed by atoms with Crippen LogP contribution in [0.2, 0.25) is 5.02 Å². The van der Waals surface area contributed by atoms with Crippen LogP contribution in [0, 0.1) is 11.8 Å². The van der Waals surface area contributed by atoms with E-state index in [0.29, 0.717) is 24.0 Å². The zero-order chi connectivity index (χ0) is 18.9. The first kappa shape index (κ1) is 19.1. The van der Waals surface area contributed by atoms with E-state index in [4.69, 9.17) is 11.6 Å². The maximum Gasteiger partial charge on any atom is 0.243 e. The Hall–Kier alpha value is -1.64. The first-order chi connectivity index (χ1) is 12.3. The second-order valence-electron chi connectivity index (χ2n) is 6.78. The highest BCUT2D eigenvalue weighted by molar-refractivity contribution is 7.89. The predicted molar refractivity (Wildman–Crippen MR) is 97.1 cm³/mol. The lowest BCUT2D eigenvalue weighted by Crippen LogP contribution is -2.52. The fourth-order valence-electron chi connectivity index (χ4n) is 3.03. The van der Waals surface area contributed by atoms with Crippen molar-refractivity contribution in [3.05, 3.63) is 29.3 Å². The molecule has 2 amide bonds. The molecule has 1 aromatic carbocycles. The van der Waals surface area contributed by atoms with Crippen LogP contribution in [0.4, 0.5) is 0 Å². The van der Waals surface area contributed by atoms with Gasteiger partial charge in [-0.3, -0.25) is 9.59 Å². The summed E-state index contributed by atoms with van der Waals surface area (Å²) in [5.41, 5.74) is 0. The lowest BCUT2D eigenvalue weighted by Gasteiger charge is -2.34. The van der Waals surface area contributed by atoms with E-state index >= 15 is 0 Å². The van der Waals surface area contributed by atoms with Gasteiger partial charge in [-0.05, 0) is 36.6 Å². The van der Waals surface area contributed by atoms with E-state index < -0.39 is 10.0 Å². The van der Waals surface area contributed by atoms with Gasteiger partial charge in [0.2, 0.25) is 21.8 Å². The Kier molecular flexibility index (Phi) is 5.55. The molecular weight excluding hydrogens is 378 g/mol. The second kappa shape index (κ2) is 7.54. The highest BCUT2D eigenvalue weighted by atomic mass is 35.5. The van der Waals surface area contributed by atoms with Crippen LogP contribution < -0.4 is 5.32 Å². The molecule has 1 N–H and O–H groups in total. The van der Waals surface area contributed by atoms with Crippen LogP contribution in [-0.4, -0.2) is 62.2 Å². The SMILES string of the molecule is C[C@H]1C[C@@H]1C(=O)NCC(=O)N1CCN(S(=O)(=O)c2ccc(Cl)cc2)CC1. The molecule has 1 saturated heterocycles. The maximum absolute atomic E-state index is 12.6. The van der Waals surface area contributed by atoms with Gasteiger partial charge in [-0.2, -0.15) is 4.31 Å². The molecule has 0 unspecified atom stereocenters. The van der Waals surface area contributed by atoms with E-state index in [-0.39, 0.29) is 42.3 Å². The summed E-state index contributed by atoms with van der Waals surface area (Å²) in [6, 6.07) is 6.03. The van der Waals surface area contributed by atoms with Crippen LogP contribution in [0.1, 0.15) is 13.3 Å². The second-order valence-corrected chi connectivity index (χ2v) is 9.15. The normalized spacial score (nSPS) is 23.5. The van der Waals surface area contributed by atoms with Crippen LogP contribution in [-0.2, 0) is 19.6 Å². The molecule has 3 rings (SSSR count). The van der Waals surface area contributed by atoms with Gasteiger partial charge in [0.25, 0.3) is 0 Å². The zero-order valence-electron chi connectivity index (χ0n) is 14.5. The van der Waals surface area contributed by atoms with E-state index in [1.165, 1.54) is 28.6 Å². The fraction of sp³-hybridized carbons (Fsp3) is 0.529. The number of hydrogen-bond acceptors (Lipinski definition) is 4. The molecule has 2 aliphatic rings. The van der Waals surface area contributed by atoms with Crippen LogP contribution in [0.15, 0.2) is 29.2 Å². The van der Waals surface area contributed by atoms with Crippen molar-refractivity contribution in [2.75, 3.05) is 32.7 Å². The Balaban J connectivity index is 1.51. The highest BCUT2D eigenvalue weighted by Crippen LogP contribution is 2.37. The van der Waals surface area contributed by atoms with Gasteiger partial charge in [0.15, 0.2) is 0 Å². The standard InChI is InChI=1S/C17H22ClN3O4S/c1-12-10-15(12)17(23)19-11-16(22)20-6-8-21(9-7-20)26(24,25)14-4-2-13(18)3-5-14/h2-5,12,15H,6-11H2,1H3,(H,19,23)/t12-,15-/m0/s1. The first-order valence-corrected chi connectivity index (χ1v) is 10.4. The Labute approximate surface area is 158 Å². The monoisotopic (exact) mass is 399 g/mol. The molecule has 1 aliphatic heterocycles. The number of carbonyl (C=O) groups excluding carboxylic acids is 2. The summed E-state index contributed by atoms with van der Waals surface area (Å²) >= 11 is 5.80. The molecule has 142 valence electrons. The Morgan fingerprint density at radius 3 is 2.27 bits per heavy atom. The van der Waals surface area contributed by atoms with Crippen molar-refractivity contribution in [1.82, 2.24) is 14.5 Å². The van der Waals surface area contributed by atoms with E-state index in [1.807, 2.05) is 6.92 Å². The van der Waals surface area contributed by atoms with Gasteiger partial charge in [-0.25, -0.2) is 8.42 Å². The molecule has 0 spiro atoms. The topological polar surface area (TPSA) is 86.8 Å². The number of amides is 2. The number of benzene rings is 1. The molecule has 1 saturated carbocycles. The lowest BCUT2D eigenvalue weighted by molar-refractivity contribution is -0.134. The minimum absolute atomic E-state index is 0.0316. The van der Waals surface area contributed by atoms with Crippen molar-refractivity contribution >= 4 is 33.4 Å². The van der Waals surface area contributed by atoms with E-state index in [9.17, 15) is 18.0 Å². The lowest BCUT2D eigenvalue weighted by atomic mass is 10.3. The molecule has 7 nitrogen and oxygen atoms in total. The van der Waals surface area contributed by atoms with E-state index in [0.717, 1.165) is 6.42 Å². The van der Waals surface area contributed by atoms with Gasteiger partial charge in [-0.1, -0.05) is 18.5 Å². The van der Waals surface area contributed by atoms with Gasteiger partial charge in [0.05, 0.1) is 11.4 Å². The zero-order valence-corrected chi connectivity index (χ0v) is 16.1. The molecule has 1 heterocycles. The van der Waals surface area contributed by atoms with Crippen molar-refractivity contribution in [3.8, 4) is 0 Å². The van der Waals surface area contributed by atoms with E-state index in [2.05, 4.69) is 5.32 Å². The first-order valence-electron chi connectivity index (χ1n) is 8.60. The Morgan fingerprint density at radius 2 is 1.73 bits per heavy atom. The third-order valence-corrected chi connectivity index (χ3v) is 7.07. The van der Waals surface area contributed by atoms with Crippen molar-refractivity contribution in [2.45, 2.75) is 18.2 Å². The van der Waals surface area contributed by atoms with Crippen molar-refractivity contribution in [2.24, 2.45) is 11.8 Å². The third kappa shape index (κ3) is 4.19. The molecule has 26 heavy (non-hydrogen) atoms. The fourth-order valence-corrected chi connectivity index (χ4v) is 4.57. The molecule has 0 bridgehead atoms. The summed E-state index contributed by atoms with van der Waals surface area (Å²) in [7, 11) is -3.60. The number of rotatable bonds is 5. The minimum atomic E-state index is -3.60. The van der Waals surface area contributed by atoms with Crippen molar-refractivity contribution in [1.29, 1.82) is 0 Å². The third-order valence-electron chi connectivity index (χ3n) is 4.90. The quantitative estimate of drug-likeness (QED) is 0.798. The van der Waals surface area contributed by atoms with Gasteiger partial charge in [-0.15, -0.1) is 0 Å². The number of nitrogens with zero attached hydrogens (tertiary/aromatic N) is 2. The molecule has 1 aromatic rings. The molecule has 9 heteroatoms. The van der Waals surface area contributed by atoms with E-state index in [1.54, 1.807) is 4.90 Å². The van der Waals surface area contributed by atoms with Gasteiger partial charge >= 0.3 is 0 Å². The van der Waals surface area contributed by atoms with Crippen LogP contribution >= 0.6 is 11.6 Å². The van der Waals surface area contributed by atoms with Gasteiger partial charge in [0.1, 0.15) is 0 Å². The number of sulfonamides is 1. The summed E-state index contributed by atoms with van der Waals surface area (Å²) < 4.78 is 26.6. The number of piperazine rings is 1. The van der Waals surface area contributed by atoms with Gasteiger partial charge in [0, 0.05) is 37.1 Å². The van der Waals surface area contributed by atoms with Crippen LogP contribution in [0.5, 0.6) is 0 Å². The van der Waals surface area contributed by atoms with Crippen LogP contribution in [0.3, 0.4) is 0 Å². The number of carbonyl (C=O) groups is 2. The summed E-state index contributed by atoms with van der Waals surface area (Å²) in [5, 5.41) is 3.14. The summed E-state index contributed by atoms with van der Waals surface area (Å²) in [4.78, 5) is 25.8. The molecule has 0 radical (unpaired) electrons.